The lowest BCUT2D eigenvalue weighted by molar-refractivity contribution is -0.133. The molecule has 0 unspecified atom stereocenters. The fraction of sp³-hybridized carbons (Fsp3) is 0.455. The number of nitrogens with zero attached hydrogens (tertiary/aromatic N) is 3. The maximum absolute atomic E-state index is 13.2. The molecule has 7 heteroatoms. The predicted molar refractivity (Wildman–Crippen MR) is 119 cm³/mol. The molecule has 29 heavy (non-hydrogen) atoms. The summed E-state index contributed by atoms with van der Waals surface area (Å²) in [6.07, 6.45) is 3.87. The average molecular weight is 461 g/mol. The Morgan fingerprint density at radius 3 is 2.59 bits per heavy atom. The number of hydrogen-bond donors (Lipinski definition) is 1. The summed E-state index contributed by atoms with van der Waals surface area (Å²) in [6, 6.07) is 11.4. The van der Waals surface area contributed by atoms with E-state index in [0.717, 1.165) is 23.0 Å². The van der Waals surface area contributed by atoms with Gasteiger partial charge in [0.05, 0.1) is 6.54 Å². The van der Waals surface area contributed by atoms with Crippen LogP contribution in [0, 0.1) is 5.92 Å². The summed E-state index contributed by atoms with van der Waals surface area (Å²) in [4.78, 5) is 29.6. The lowest BCUT2D eigenvalue weighted by Gasteiger charge is -2.29. The van der Waals surface area contributed by atoms with Crippen LogP contribution in [0.25, 0.3) is 0 Å². The summed E-state index contributed by atoms with van der Waals surface area (Å²) < 4.78 is 2.93. The molecule has 1 heterocycles. The highest BCUT2D eigenvalue weighted by atomic mass is 79.9. The van der Waals surface area contributed by atoms with E-state index in [4.69, 9.17) is 0 Å². The first kappa shape index (κ1) is 21.4. The van der Waals surface area contributed by atoms with E-state index in [0.29, 0.717) is 24.7 Å². The number of urea groups is 1. The first-order valence-electron chi connectivity index (χ1n) is 10.0. The molecule has 1 aliphatic carbocycles. The number of halogens is 1. The van der Waals surface area contributed by atoms with Gasteiger partial charge in [-0.25, -0.2) is 4.79 Å². The van der Waals surface area contributed by atoms with Crippen LogP contribution < -0.4 is 5.32 Å². The Hall–Kier alpha value is -2.28. The molecule has 1 aromatic heterocycles. The van der Waals surface area contributed by atoms with Crippen molar-refractivity contribution < 1.29 is 9.59 Å². The first-order valence-corrected chi connectivity index (χ1v) is 10.8. The standard InChI is InChI=1S/C22H29BrN4O2/c1-16(2)13-26(14-20-8-5-11-25(20)3)21(28)15-27(19-9-10-19)22(29)24-18-7-4-6-17(23)12-18/h4-8,11-12,16,19H,9-10,13-15H2,1-3H3,(H,24,29). The molecule has 0 radical (unpaired) electrons. The second-order valence-corrected chi connectivity index (χ2v) is 8.99. The van der Waals surface area contributed by atoms with Crippen molar-refractivity contribution in [2.24, 2.45) is 13.0 Å². The summed E-state index contributed by atoms with van der Waals surface area (Å²) in [5.74, 6) is 0.334. The molecule has 6 nitrogen and oxygen atoms in total. The number of aryl methyl sites for hydroxylation is 1. The topological polar surface area (TPSA) is 57.6 Å². The smallest absolute Gasteiger partial charge is 0.322 e. The minimum atomic E-state index is -0.220. The van der Waals surface area contributed by atoms with Crippen LogP contribution in [0.3, 0.4) is 0 Å². The predicted octanol–water partition coefficient (Wildman–Crippen LogP) is 4.47. The number of carbonyl (C=O) groups is 2. The van der Waals surface area contributed by atoms with Crippen LogP contribution in [0.15, 0.2) is 47.1 Å². The molecule has 1 aliphatic rings. The van der Waals surface area contributed by atoms with E-state index in [1.165, 1.54) is 0 Å². The van der Waals surface area contributed by atoms with Crippen LogP contribution in [0.4, 0.5) is 10.5 Å². The van der Waals surface area contributed by atoms with Gasteiger partial charge in [0.15, 0.2) is 0 Å². The van der Waals surface area contributed by atoms with Crippen molar-refractivity contribution in [1.29, 1.82) is 0 Å². The van der Waals surface area contributed by atoms with Gasteiger partial charge in [0.25, 0.3) is 0 Å². The van der Waals surface area contributed by atoms with Gasteiger partial charge in [0, 0.05) is 41.7 Å². The van der Waals surface area contributed by atoms with E-state index in [-0.39, 0.29) is 24.5 Å². The van der Waals surface area contributed by atoms with E-state index in [1.807, 2.05) is 59.1 Å². The largest absolute Gasteiger partial charge is 0.353 e. The molecule has 1 saturated carbocycles. The molecule has 0 saturated heterocycles. The highest BCUT2D eigenvalue weighted by Crippen LogP contribution is 2.28. The maximum Gasteiger partial charge on any atom is 0.322 e. The fourth-order valence-corrected chi connectivity index (χ4v) is 3.71. The van der Waals surface area contributed by atoms with Gasteiger partial charge in [-0.2, -0.15) is 0 Å². The third-order valence-corrected chi connectivity index (χ3v) is 5.47. The van der Waals surface area contributed by atoms with Crippen LogP contribution in [0.2, 0.25) is 0 Å². The van der Waals surface area contributed by atoms with Crippen molar-refractivity contribution in [2.75, 3.05) is 18.4 Å². The molecule has 1 fully saturated rings. The van der Waals surface area contributed by atoms with E-state index in [9.17, 15) is 9.59 Å². The van der Waals surface area contributed by atoms with Crippen LogP contribution >= 0.6 is 15.9 Å². The maximum atomic E-state index is 13.2. The molecule has 2 aromatic rings. The number of amides is 3. The van der Waals surface area contributed by atoms with Gasteiger partial charge >= 0.3 is 6.03 Å². The van der Waals surface area contributed by atoms with Crippen LogP contribution in [0.5, 0.6) is 0 Å². The lowest BCUT2D eigenvalue weighted by atomic mass is 10.2. The number of aromatic nitrogens is 1. The van der Waals surface area contributed by atoms with Gasteiger partial charge in [0.1, 0.15) is 6.54 Å². The Morgan fingerprint density at radius 2 is 2.00 bits per heavy atom. The Labute approximate surface area is 181 Å². The monoisotopic (exact) mass is 460 g/mol. The number of hydrogen-bond acceptors (Lipinski definition) is 2. The van der Waals surface area contributed by atoms with Gasteiger partial charge in [-0.1, -0.05) is 35.8 Å². The molecular formula is C22H29BrN4O2. The molecule has 156 valence electrons. The highest BCUT2D eigenvalue weighted by molar-refractivity contribution is 9.10. The highest BCUT2D eigenvalue weighted by Gasteiger charge is 2.35. The normalized spacial score (nSPS) is 13.4. The zero-order chi connectivity index (χ0) is 21.0. The zero-order valence-electron chi connectivity index (χ0n) is 17.3. The third kappa shape index (κ3) is 6.10. The molecule has 1 aromatic carbocycles. The van der Waals surface area contributed by atoms with Gasteiger partial charge in [-0.15, -0.1) is 0 Å². The summed E-state index contributed by atoms with van der Waals surface area (Å²) in [6.45, 7) is 5.51. The number of anilines is 1. The van der Waals surface area contributed by atoms with Crippen molar-refractivity contribution in [3.63, 3.8) is 0 Å². The minimum absolute atomic E-state index is 0.0174. The van der Waals surface area contributed by atoms with E-state index < -0.39 is 0 Å². The van der Waals surface area contributed by atoms with E-state index in [1.54, 1.807) is 4.90 Å². The Morgan fingerprint density at radius 1 is 1.24 bits per heavy atom. The molecule has 0 atom stereocenters. The summed E-state index contributed by atoms with van der Waals surface area (Å²) >= 11 is 3.42. The van der Waals surface area contributed by atoms with Gasteiger partial charge < -0.3 is 19.7 Å². The number of benzene rings is 1. The zero-order valence-corrected chi connectivity index (χ0v) is 18.9. The van der Waals surface area contributed by atoms with Crippen LogP contribution in [-0.2, 0) is 18.4 Å². The second-order valence-electron chi connectivity index (χ2n) is 8.08. The number of rotatable bonds is 8. The summed E-state index contributed by atoms with van der Waals surface area (Å²) in [5, 5.41) is 2.93. The molecule has 0 bridgehead atoms. The molecule has 1 N–H and O–H groups in total. The number of nitrogens with one attached hydrogen (secondary N) is 1. The van der Waals surface area contributed by atoms with Gasteiger partial charge in [0.2, 0.25) is 5.91 Å². The van der Waals surface area contributed by atoms with Crippen molar-refractivity contribution >= 4 is 33.6 Å². The lowest BCUT2D eigenvalue weighted by Crippen LogP contribution is -2.46. The van der Waals surface area contributed by atoms with Crippen LogP contribution in [-0.4, -0.2) is 45.4 Å². The molecule has 0 aliphatic heterocycles. The van der Waals surface area contributed by atoms with Crippen molar-refractivity contribution in [1.82, 2.24) is 14.4 Å². The Bertz CT molecular complexity index is 860. The SMILES string of the molecule is CC(C)CN(Cc1cccn1C)C(=O)CN(C(=O)Nc1cccc(Br)c1)C1CC1. The number of carbonyl (C=O) groups excluding carboxylic acids is 2. The molecule has 0 spiro atoms. The second kappa shape index (κ2) is 9.48. The Balaban J connectivity index is 1.69. The minimum Gasteiger partial charge on any atom is -0.353 e. The molecule has 3 amide bonds. The third-order valence-electron chi connectivity index (χ3n) is 4.97. The van der Waals surface area contributed by atoms with Crippen molar-refractivity contribution in [2.45, 2.75) is 39.3 Å². The van der Waals surface area contributed by atoms with Crippen molar-refractivity contribution in [3.05, 3.63) is 52.8 Å². The van der Waals surface area contributed by atoms with Gasteiger partial charge in [-0.3, -0.25) is 4.79 Å². The molecular weight excluding hydrogens is 432 g/mol. The van der Waals surface area contributed by atoms with Crippen LogP contribution in [0.1, 0.15) is 32.4 Å². The van der Waals surface area contributed by atoms with Crippen molar-refractivity contribution in [3.8, 4) is 0 Å². The van der Waals surface area contributed by atoms with Gasteiger partial charge in [-0.05, 0) is 49.1 Å². The average Bonchev–Trinajstić information content (AvgIpc) is 3.41. The van der Waals surface area contributed by atoms with E-state index >= 15 is 0 Å². The first-order chi connectivity index (χ1) is 13.8. The quantitative estimate of drug-likeness (QED) is 0.631. The summed E-state index contributed by atoms with van der Waals surface area (Å²) in [5.41, 5.74) is 1.79. The molecule has 3 rings (SSSR count). The Kier molecular flexibility index (Phi) is 7.00. The summed E-state index contributed by atoms with van der Waals surface area (Å²) in [7, 11) is 1.98. The fourth-order valence-electron chi connectivity index (χ4n) is 3.31. The van der Waals surface area contributed by atoms with E-state index in [2.05, 4.69) is 35.1 Å².